The van der Waals surface area contributed by atoms with E-state index in [4.69, 9.17) is 9.47 Å². The monoisotopic (exact) mass is 245 g/mol. The van der Waals surface area contributed by atoms with Crippen molar-refractivity contribution in [1.29, 1.82) is 0 Å². The van der Waals surface area contributed by atoms with Gasteiger partial charge < -0.3 is 19.1 Å². The standard InChI is InChI=1S/C10H15NO6/c1-11-5-7(17-10(11)14)6-16-9(13)4-3-8(12)15-2/h7H,3-6H2,1-2H3. The van der Waals surface area contributed by atoms with Gasteiger partial charge in [0.1, 0.15) is 6.61 Å². The average Bonchev–Trinajstić information content (AvgIpc) is 2.63. The normalized spacial score (nSPS) is 18.8. The topological polar surface area (TPSA) is 82.1 Å². The van der Waals surface area contributed by atoms with Crippen LogP contribution in [0.3, 0.4) is 0 Å². The Morgan fingerprint density at radius 1 is 1.41 bits per heavy atom. The molecule has 0 aromatic carbocycles. The average molecular weight is 245 g/mol. The minimum atomic E-state index is -0.513. The van der Waals surface area contributed by atoms with Gasteiger partial charge in [0.05, 0.1) is 26.5 Å². The molecule has 1 heterocycles. The summed E-state index contributed by atoms with van der Waals surface area (Å²) in [5.74, 6) is -0.977. The van der Waals surface area contributed by atoms with Crippen molar-refractivity contribution < 1.29 is 28.6 Å². The van der Waals surface area contributed by atoms with Crippen LogP contribution in [0.4, 0.5) is 4.79 Å². The molecule has 0 saturated carbocycles. The molecular formula is C10H15NO6. The van der Waals surface area contributed by atoms with E-state index in [1.807, 2.05) is 0 Å². The van der Waals surface area contributed by atoms with Gasteiger partial charge in [-0.3, -0.25) is 9.59 Å². The second-order valence-electron chi connectivity index (χ2n) is 3.65. The van der Waals surface area contributed by atoms with Crippen molar-refractivity contribution >= 4 is 18.0 Å². The van der Waals surface area contributed by atoms with E-state index in [0.29, 0.717) is 6.54 Å². The molecule has 1 saturated heterocycles. The lowest BCUT2D eigenvalue weighted by Crippen LogP contribution is -2.23. The number of esters is 2. The van der Waals surface area contributed by atoms with Gasteiger partial charge in [-0.05, 0) is 0 Å². The Bertz CT molecular complexity index is 316. The molecular weight excluding hydrogens is 230 g/mol. The summed E-state index contributed by atoms with van der Waals surface area (Å²) in [5, 5.41) is 0. The number of ether oxygens (including phenoxy) is 3. The lowest BCUT2D eigenvalue weighted by molar-refractivity contribution is -0.150. The maximum absolute atomic E-state index is 11.2. The van der Waals surface area contributed by atoms with Crippen LogP contribution < -0.4 is 0 Å². The Morgan fingerprint density at radius 3 is 2.59 bits per heavy atom. The molecule has 0 aromatic heterocycles. The Kier molecular flexibility index (Phi) is 4.74. The molecule has 7 nitrogen and oxygen atoms in total. The molecule has 1 unspecified atom stereocenters. The van der Waals surface area contributed by atoms with E-state index >= 15 is 0 Å². The molecule has 17 heavy (non-hydrogen) atoms. The van der Waals surface area contributed by atoms with E-state index in [0.717, 1.165) is 0 Å². The van der Waals surface area contributed by atoms with Gasteiger partial charge in [-0.25, -0.2) is 4.79 Å². The first-order valence-corrected chi connectivity index (χ1v) is 5.17. The highest BCUT2D eigenvalue weighted by molar-refractivity contribution is 5.77. The number of amides is 1. The number of cyclic esters (lactones) is 1. The Morgan fingerprint density at radius 2 is 2.06 bits per heavy atom. The second-order valence-corrected chi connectivity index (χ2v) is 3.65. The Balaban J connectivity index is 2.16. The number of carbonyl (C=O) groups is 3. The molecule has 0 aliphatic carbocycles. The lowest BCUT2D eigenvalue weighted by atomic mass is 10.3. The highest BCUT2D eigenvalue weighted by Crippen LogP contribution is 2.09. The number of hydrogen-bond acceptors (Lipinski definition) is 6. The van der Waals surface area contributed by atoms with Gasteiger partial charge in [-0.1, -0.05) is 0 Å². The molecule has 1 aliphatic heterocycles. The van der Waals surface area contributed by atoms with Gasteiger partial charge in [0.2, 0.25) is 0 Å². The summed E-state index contributed by atoms with van der Waals surface area (Å²) >= 11 is 0. The van der Waals surface area contributed by atoms with Crippen molar-refractivity contribution in [2.45, 2.75) is 18.9 Å². The van der Waals surface area contributed by atoms with E-state index in [1.54, 1.807) is 7.05 Å². The van der Waals surface area contributed by atoms with E-state index < -0.39 is 24.1 Å². The van der Waals surface area contributed by atoms with Crippen LogP contribution in [0.5, 0.6) is 0 Å². The predicted molar refractivity (Wildman–Crippen MR) is 55.1 cm³/mol. The van der Waals surface area contributed by atoms with Crippen molar-refractivity contribution in [1.82, 2.24) is 4.90 Å². The maximum Gasteiger partial charge on any atom is 0.410 e. The van der Waals surface area contributed by atoms with E-state index in [-0.39, 0.29) is 19.4 Å². The molecule has 0 aromatic rings. The Hall–Kier alpha value is -1.79. The zero-order chi connectivity index (χ0) is 12.8. The molecule has 0 bridgehead atoms. The Labute approximate surface area is 98.6 Å². The maximum atomic E-state index is 11.2. The molecule has 7 heteroatoms. The first-order valence-electron chi connectivity index (χ1n) is 5.17. The van der Waals surface area contributed by atoms with Gasteiger partial charge in [-0.15, -0.1) is 0 Å². The summed E-state index contributed by atoms with van der Waals surface area (Å²) in [6.45, 7) is 0.402. The fourth-order valence-corrected chi connectivity index (χ4v) is 1.30. The van der Waals surface area contributed by atoms with Crippen LogP contribution in [0.2, 0.25) is 0 Å². The van der Waals surface area contributed by atoms with Crippen LogP contribution in [0.15, 0.2) is 0 Å². The van der Waals surface area contributed by atoms with Crippen LogP contribution in [-0.2, 0) is 23.8 Å². The summed E-state index contributed by atoms with van der Waals surface area (Å²) in [7, 11) is 2.85. The van der Waals surface area contributed by atoms with Gasteiger partial charge in [0.15, 0.2) is 6.10 Å². The summed E-state index contributed by atoms with van der Waals surface area (Å²) < 4.78 is 14.1. The van der Waals surface area contributed by atoms with Crippen molar-refractivity contribution in [3.05, 3.63) is 0 Å². The van der Waals surface area contributed by atoms with E-state index in [9.17, 15) is 14.4 Å². The lowest BCUT2D eigenvalue weighted by Gasteiger charge is -2.08. The van der Waals surface area contributed by atoms with Crippen molar-refractivity contribution in [2.24, 2.45) is 0 Å². The smallest absolute Gasteiger partial charge is 0.410 e. The van der Waals surface area contributed by atoms with Crippen molar-refractivity contribution in [3.8, 4) is 0 Å². The third-order valence-electron chi connectivity index (χ3n) is 2.25. The molecule has 0 N–H and O–H groups in total. The van der Waals surface area contributed by atoms with Crippen molar-refractivity contribution in [3.63, 3.8) is 0 Å². The van der Waals surface area contributed by atoms with Crippen molar-refractivity contribution in [2.75, 3.05) is 27.3 Å². The largest absolute Gasteiger partial charge is 0.469 e. The SMILES string of the molecule is COC(=O)CCC(=O)OCC1CN(C)C(=O)O1. The third kappa shape index (κ3) is 4.29. The van der Waals surface area contributed by atoms with Crippen LogP contribution in [0.1, 0.15) is 12.8 Å². The summed E-state index contributed by atoms with van der Waals surface area (Å²) in [6, 6.07) is 0. The van der Waals surface area contributed by atoms with E-state index in [2.05, 4.69) is 4.74 Å². The number of nitrogens with zero attached hydrogens (tertiary/aromatic N) is 1. The minimum Gasteiger partial charge on any atom is -0.469 e. The first-order chi connectivity index (χ1) is 8.02. The highest BCUT2D eigenvalue weighted by atomic mass is 16.6. The fourth-order valence-electron chi connectivity index (χ4n) is 1.30. The number of likely N-dealkylation sites (N-methyl/N-ethyl adjacent to an activating group) is 1. The number of methoxy groups -OCH3 is 1. The quantitative estimate of drug-likeness (QED) is 0.498. The molecule has 1 fully saturated rings. The third-order valence-corrected chi connectivity index (χ3v) is 2.25. The fraction of sp³-hybridized carbons (Fsp3) is 0.700. The molecule has 1 rings (SSSR count). The molecule has 0 radical (unpaired) electrons. The molecule has 1 atom stereocenters. The van der Waals surface area contributed by atoms with Gasteiger partial charge in [-0.2, -0.15) is 0 Å². The zero-order valence-electron chi connectivity index (χ0n) is 9.80. The number of carbonyl (C=O) groups excluding carboxylic acids is 3. The minimum absolute atomic E-state index is 0.0100. The molecule has 1 aliphatic rings. The summed E-state index contributed by atoms with van der Waals surface area (Å²) in [4.78, 5) is 34.3. The van der Waals surface area contributed by atoms with Crippen LogP contribution in [0.25, 0.3) is 0 Å². The zero-order valence-corrected chi connectivity index (χ0v) is 9.80. The summed E-state index contributed by atoms with van der Waals surface area (Å²) in [5.41, 5.74) is 0. The van der Waals surface area contributed by atoms with Crippen LogP contribution in [0, 0.1) is 0 Å². The molecule has 0 spiro atoms. The molecule has 1 amide bonds. The van der Waals surface area contributed by atoms with Crippen LogP contribution >= 0.6 is 0 Å². The molecule has 96 valence electrons. The second kappa shape index (κ2) is 6.07. The number of hydrogen-bond donors (Lipinski definition) is 0. The first kappa shape index (κ1) is 13.3. The van der Waals surface area contributed by atoms with Gasteiger partial charge in [0.25, 0.3) is 0 Å². The summed E-state index contributed by atoms with van der Waals surface area (Å²) in [6.07, 6.45) is -0.918. The van der Waals surface area contributed by atoms with Crippen LogP contribution in [-0.4, -0.2) is 56.3 Å². The van der Waals surface area contributed by atoms with E-state index in [1.165, 1.54) is 12.0 Å². The predicted octanol–water partition coefficient (Wildman–Crippen LogP) is -0.0666. The number of rotatable bonds is 5. The highest BCUT2D eigenvalue weighted by Gasteiger charge is 2.29. The van der Waals surface area contributed by atoms with Gasteiger partial charge >= 0.3 is 18.0 Å². The van der Waals surface area contributed by atoms with Gasteiger partial charge in [0, 0.05) is 7.05 Å².